The van der Waals surface area contributed by atoms with E-state index in [1.165, 1.54) is 0 Å². The van der Waals surface area contributed by atoms with Gasteiger partial charge in [0.2, 0.25) is 5.91 Å². The Bertz CT molecular complexity index is 1070. The Morgan fingerprint density at radius 3 is 2.39 bits per heavy atom. The summed E-state index contributed by atoms with van der Waals surface area (Å²) in [5, 5.41) is 7.86. The molecule has 1 fully saturated rings. The van der Waals surface area contributed by atoms with E-state index < -0.39 is 0 Å². The zero-order valence-corrected chi connectivity index (χ0v) is 18.0. The quantitative estimate of drug-likeness (QED) is 0.665. The lowest BCUT2D eigenvalue weighted by molar-refractivity contribution is -0.117. The molecule has 2 heterocycles. The van der Waals surface area contributed by atoms with E-state index in [2.05, 4.69) is 10.4 Å². The summed E-state index contributed by atoms with van der Waals surface area (Å²) in [6.45, 7) is 4.55. The predicted molar refractivity (Wildman–Crippen MR) is 121 cm³/mol. The highest BCUT2D eigenvalue weighted by Crippen LogP contribution is 2.20. The highest BCUT2D eigenvalue weighted by molar-refractivity contribution is 6.33. The van der Waals surface area contributed by atoms with Gasteiger partial charge in [0.1, 0.15) is 0 Å². The number of carbonyl (C=O) groups excluding carboxylic acids is 2. The first kappa shape index (κ1) is 21.1. The number of anilines is 1. The number of para-hydroxylation sites is 2. The van der Waals surface area contributed by atoms with Crippen molar-refractivity contribution in [2.45, 2.75) is 6.92 Å². The molecule has 0 saturated carbocycles. The van der Waals surface area contributed by atoms with Crippen LogP contribution in [0, 0.1) is 6.92 Å². The molecule has 1 aromatic heterocycles. The number of amides is 2. The van der Waals surface area contributed by atoms with Gasteiger partial charge in [-0.1, -0.05) is 41.9 Å². The molecule has 8 heteroatoms. The maximum atomic E-state index is 12.9. The van der Waals surface area contributed by atoms with Gasteiger partial charge in [-0.05, 0) is 37.3 Å². The molecular weight excluding hydrogens is 414 g/mol. The summed E-state index contributed by atoms with van der Waals surface area (Å²) in [7, 11) is 0. The number of hydrogen-bond donors (Lipinski definition) is 1. The predicted octanol–water partition coefficient (Wildman–Crippen LogP) is 3.23. The first-order valence-electron chi connectivity index (χ1n) is 10.2. The van der Waals surface area contributed by atoms with Crippen molar-refractivity contribution in [3.8, 4) is 5.69 Å². The molecule has 0 radical (unpaired) electrons. The summed E-state index contributed by atoms with van der Waals surface area (Å²) < 4.78 is 1.78. The van der Waals surface area contributed by atoms with Gasteiger partial charge in [0.15, 0.2) is 5.69 Å². The second-order valence-electron chi connectivity index (χ2n) is 7.51. The van der Waals surface area contributed by atoms with Crippen LogP contribution in [0.5, 0.6) is 0 Å². The molecule has 3 aromatic rings. The van der Waals surface area contributed by atoms with Gasteiger partial charge >= 0.3 is 0 Å². The lowest BCUT2D eigenvalue weighted by atomic mass is 10.2. The van der Waals surface area contributed by atoms with Gasteiger partial charge in [0, 0.05) is 31.9 Å². The van der Waals surface area contributed by atoms with Gasteiger partial charge in [0.05, 0.1) is 22.9 Å². The molecule has 0 atom stereocenters. The van der Waals surface area contributed by atoms with E-state index in [0.717, 1.165) is 11.4 Å². The van der Waals surface area contributed by atoms with Gasteiger partial charge in [0.25, 0.3) is 5.91 Å². The van der Waals surface area contributed by atoms with Gasteiger partial charge in [-0.25, -0.2) is 4.68 Å². The second-order valence-corrected chi connectivity index (χ2v) is 7.92. The van der Waals surface area contributed by atoms with Gasteiger partial charge < -0.3 is 10.2 Å². The number of hydrogen-bond acceptors (Lipinski definition) is 4. The highest BCUT2D eigenvalue weighted by atomic mass is 35.5. The Balaban J connectivity index is 1.32. The maximum Gasteiger partial charge on any atom is 0.274 e. The zero-order valence-electron chi connectivity index (χ0n) is 17.3. The fraction of sp³-hybridized carbons (Fsp3) is 0.261. The van der Waals surface area contributed by atoms with E-state index in [9.17, 15) is 9.59 Å². The number of piperazine rings is 1. The summed E-state index contributed by atoms with van der Waals surface area (Å²) in [6, 6.07) is 18.7. The monoisotopic (exact) mass is 437 g/mol. The first-order chi connectivity index (χ1) is 15.0. The molecule has 1 aliphatic heterocycles. The van der Waals surface area contributed by atoms with E-state index in [4.69, 9.17) is 11.6 Å². The van der Waals surface area contributed by atoms with E-state index in [1.807, 2.05) is 60.4 Å². The van der Waals surface area contributed by atoms with Crippen LogP contribution in [-0.2, 0) is 4.79 Å². The van der Waals surface area contributed by atoms with E-state index >= 15 is 0 Å². The molecule has 2 amide bonds. The summed E-state index contributed by atoms with van der Waals surface area (Å²) in [5.41, 5.74) is 2.87. The average molecular weight is 438 g/mol. The number of carbonyl (C=O) groups is 2. The third-order valence-electron chi connectivity index (χ3n) is 5.28. The van der Waals surface area contributed by atoms with E-state index in [-0.39, 0.29) is 18.4 Å². The fourth-order valence-electron chi connectivity index (χ4n) is 3.64. The largest absolute Gasteiger partial charge is 0.335 e. The number of nitrogens with one attached hydrogen (secondary N) is 1. The highest BCUT2D eigenvalue weighted by Gasteiger charge is 2.25. The van der Waals surface area contributed by atoms with Gasteiger partial charge in [-0.2, -0.15) is 5.10 Å². The Morgan fingerprint density at radius 2 is 1.68 bits per heavy atom. The van der Waals surface area contributed by atoms with Crippen LogP contribution in [0.4, 0.5) is 5.69 Å². The smallest absolute Gasteiger partial charge is 0.274 e. The molecule has 2 aromatic carbocycles. The molecule has 31 heavy (non-hydrogen) atoms. The molecule has 160 valence electrons. The van der Waals surface area contributed by atoms with Crippen LogP contribution < -0.4 is 5.32 Å². The Kier molecular flexibility index (Phi) is 6.34. The fourth-order valence-corrected chi connectivity index (χ4v) is 3.82. The van der Waals surface area contributed by atoms with E-state index in [1.54, 1.807) is 21.7 Å². The Morgan fingerprint density at radius 1 is 1.00 bits per heavy atom. The average Bonchev–Trinajstić information content (AvgIpc) is 3.17. The normalized spacial score (nSPS) is 14.5. The van der Waals surface area contributed by atoms with Crippen molar-refractivity contribution in [2.24, 2.45) is 0 Å². The molecule has 0 aliphatic carbocycles. The summed E-state index contributed by atoms with van der Waals surface area (Å²) in [5.74, 6) is -0.206. The van der Waals surface area contributed by atoms with Crippen molar-refractivity contribution in [3.05, 3.63) is 77.1 Å². The van der Waals surface area contributed by atoms with Crippen LogP contribution in [0.25, 0.3) is 5.69 Å². The van der Waals surface area contributed by atoms with Crippen molar-refractivity contribution in [1.82, 2.24) is 19.6 Å². The molecule has 0 unspecified atom stereocenters. The number of aryl methyl sites for hydroxylation is 1. The number of nitrogens with zero attached hydrogens (tertiary/aromatic N) is 4. The van der Waals surface area contributed by atoms with Gasteiger partial charge in [-0.3, -0.25) is 14.5 Å². The number of rotatable bonds is 5. The standard InChI is InChI=1S/C23H24ClN5O2/c1-17-15-21(26-29(17)18-7-3-2-4-8-18)23(31)28-13-11-27(12-14-28)16-22(30)25-20-10-6-5-9-19(20)24/h2-10,15H,11-14,16H2,1H3,(H,25,30). The summed E-state index contributed by atoms with van der Waals surface area (Å²) >= 11 is 6.10. The molecule has 0 spiro atoms. The summed E-state index contributed by atoms with van der Waals surface area (Å²) in [4.78, 5) is 29.1. The molecular formula is C23H24ClN5O2. The zero-order chi connectivity index (χ0) is 21.8. The Hall–Kier alpha value is -3.16. The first-order valence-corrected chi connectivity index (χ1v) is 10.6. The van der Waals surface area contributed by atoms with Crippen molar-refractivity contribution < 1.29 is 9.59 Å². The van der Waals surface area contributed by atoms with Crippen molar-refractivity contribution in [2.75, 3.05) is 38.0 Å². The lowest BCUT2D eigenvalue weighted by Crippen LogP contribution is -2.50. The second kappa shape index (κ2) is 9.32. The lowest BCUT2D eigenvalue weighted by Gasteiger charge is -2.33. The Labute approximate surface area is 186 Å². The van der Waals surface area contributed by atoms with Crippen LogP contribution in [0.2, 0.25) is 5.02 Å². The third-order valence-corrected chi connectivity index (χ3v) is 5.61. The SMILES string of the molecule is Cc1cc(C(=O)N2CCN(CC(=O)Nc3ccccc3Cl)CC2)nn1-c1ccccc1. The van der Waals surface area contributed by atoms with Crippen LogP contribution >= 0.6 is 11.6 Å². The molecule has 7 nitrogen and oxygen atoms in total. The van der Waals surface area contributed by atoms with Crippen molar-refractivity contribution in [3.63, 3.8) is 0 Å². The minimum atomic E-state index is -0.120. The van der Waals surface area contributed by atoms with Crippen molar-refractivity contribution >= 4 is 29.1 Å². The van der Waals surface area contributed by atoms with Crippen LogP contribution in [-0.4, -0.2) is 64.1 Å². The number of aromatic nitrogens is 2. The van der Waals surface area contributed by atoms with Gasteiger partial charge in [-0.15, -0.1) is 0 Å². The van der Waals surface area contributed by atoms with Crippen LogP contribution in [0.1, 0.15) is 16.2 Å². The molecule has 1 saturated heterocycles. The minimum absolute atomic E-state index is 0.0852. The molecule has 4 rings (SSSR count). The van der Waals surface area contributed by atoms with Crippen LogP contribution in [0.15, 0.2) is 60.7 Å². The molecule has 0 bridgehead atoms. The molecule has 1 N–H and O–H groups in total. The topological polar surface area (TPSA) is 70.5 Å². The minimum Gasteiger partial charge on any atom is -0.335 e. The summed E-state index contributed by atoms with van der Waals surface area (Å²) in [6.07, 6.45) is 0. The maximum absolute atomic E-state index is 12.9. The van der Waals surface area contributed by atoms with Crippen LogP contribution in [0.3, 0.4) is 0 Å². The van der Waals surface area contributed by atoms with E-state index in [0.29, 0.717) is 42.6 Å². The number of benzene rings is 2. The third kappa shape index (κ3) is 4.95. The van der Waals surface area contributed by atoms with Crippen molar-refractivity contribution in [1.29, 1.82) is 0 Å². The number of halogens is 1. The molecule has 1 aliphatic rings.